The first-order chi connectivity index (χ1) is 27.5. The molecular weight excluding hydrogens is 695 g/mol. The van der Waals surface area contributed by atoms with Crippen molar-refractivity contribution in [2.45, 2.75) is 308 Å². The standard InChI is InChI=1S/C50H101NO5/c1-3-5-7-9-11-13-15-17-18-19-20-21-22-23-24-25-26-27-28-29-30-31-32-34-36-38-40-42-44-48(54)50(56)51-46(45-52)49(55)47(53)43-41-39-37-35-33-16-14-12-10-8-6-4-2/h46-49,52-55H,3-45H2,1-2H3,(H,51,56)/t46-,47?,48?,49+/m1/s1. The molecule has 0 fully saturated rings. The fraction of sp³-hybridized carbons (Fsp3) is 0.980. The van der Waals surface area contributed by atoms with E-state index in [-0.39, 0.29) is 0 Å². The number of carbonyl (C=O) groups excluding carboxylic acids is 1. The van der Waals surface area contributed by atoms with Gasteiger partial charge in [0.25, 0.3) is 0 Å². The van der Waals surface area contributed by atoms with Crippen molar-refractivity contribution in [2.75, 3.05) is 6.61 Å². The van der Waals surface area contributed by atoms with Gasteiger partial charge >= 0.3 is 0 Å². The van der Waals surface area contributed by atoms with Gasteiger partial charge in [-0.1, -0.05) is 271 Å². The second-order valence-corrected chi connectivity index (χ2v) is 17.9. The summed E-state index contributed by atoms with van der Waals surface area (Å²) in [7, 11) is 0. The topological polar surface area (TPSA) is 110 Å². The van der Waals surface area contributed by atoms with E-state index in [1.54, 1.807) is 0 Å². The number of carbonyl (C=O) groups is 1. The Balaban J connectivity index is 3.55. The van der Waals surface area contributed by atoms with Crippen LogP contribution >= 0.6 is 0 Å². The fourth-order valence-corrected chi connectivity index (χ4v) is 8.29. The molecule has 0 heterocycles. The molecule has 0 aliphatic carbocycles. The van der Waals surface area contributed by atoms with Crippen LogP contribution in [-0.4, -0.2) is 57.3 Å². The Kier molecular flexibility index (Phi) is 44.8. The molecule has 0 bridgehead atoms. The summed E-state index contributed by atoms with van der Waals surface area (Å²) < 4.78 is 0. The monoisotopic (exact) mass is 796 g/mol. The summed E-state index contributed by atoms with van der Waals surface area (Å²) in [6, 6.07) is -0.979. The lowest BCUT2D eigenvalue weighted by Gasteiger charge is -2.27. The van der Waals surface area contributed by atoms with Gasteiger partial charge in [-0.2, -0.15) is 0 Å². The third-order valence-corrected chi connectivity index (χ3v) is 12.3. The van der Waals surface area contributed by atoms with E-state index in [0.29, 0.717) is 12.8 Å². The highest BCUT2D eigenvalue weighted by molar-refractivity contribution is 5.80. The summed E-state index contributed by atoms with van der Waals surface area (Å²) in [5.41, 5.74) is 0. The maximum absolute atomic E-state index is 12.5. The van der Waals surface area contributed by atoms with Crippen LogP contribution in [0.15, 0.2) is 0 Å². The predicted octanol–water partition coefficient (Wildman–Crippen LogP) is 14.0. The van der Waals surface area contributed by atoms with Crippen molar-refractivity contribution >= 4 is 5.91 Å². The van der Waals surface area contributed by atoms with E-state index in [1.165, 1.54) is 218 Å². The van der Waals surface area contributed by atoms with Crippen LogP contribution in [0.1, 0.15) is 284 Å². The average Bonchev–Trinajstić information content (AvgIpc) is 3.20. The van der Waals surface area contributed by atoms with E-state index in [2.05, 4.69) is 19.2 Å². The van der Waals surface area contributed by atoms with Gasteiger partial charge < -0.3 is 25.7 Å². The molecule has 0 aromatic carbocycles. The van der Waals surface area contributed by atoms with Gasteiger partial charge in [0.05, 0.1) is 18.8 Å². The maximum atomic E-state index is 12.5. The summed E-state index contributed by atoms with van der Waals surface area (Å²) in [4.78, 5) is 12.5. The van der Waals surface area contributed by atoms with Crippen LogP contribution in [0.4, 0.5) is 0 Å². The lowest BCUT2D eigenvalue weighted by atomic mass is 9.99. The highest BCUT2D eigenvalue weighted by atomic mass is 16.3. The lowest BCUT2D eigenvalue weighted by Crippen LogP contribution is -2.53. The van der Waals surface area contributed by atoms with Gasteiger partial charge in [-0.15, -0.1) is 0 Å². The van der Waals surface area contributed by atoms with Gasteiger partial charge in [0, 0.05) is 0 Å². The molecule has 0 saturated carbocycles. The van der Waals surface area contributed by atoms with E-state index in [1.807, 2.05) is 0 Å². The van der Waals surface area contributed by atoms with Crippen LogP contribution in [0.2, 0.25) is 0 Å². The van der Waals surface area contributed by atoms with Crippen molar-refractivity contribution in [3.63, 3.8) is 0 Å². The highest BCUT2D eigenvalue weighted by Crippen LogP contribution is 2.18. The molecule has 56 heavy (non-hydrogen) atoms. The zero-order valence-corrected chi connectivity index (χ0v) is 37.9. The van der Waals surface area contributed by atoms with Gasteiger partial charge in [-0.3, -0.25) is 4.79 Å². The summed E-state index contributed by atoms with van der Waals surface area (Å²) in [6.45, 7) is 4.07. The second-order valence-electron chi connectivity index (χ2n) is 17.9. The molecule has 4 atom stereocenters. The molecule has 5 N–H and O–H groups in total. The molecule has 6 heteroatoms. The van der Waals surface area contributed by atoms with E-state index >= 15 is 0 Å². The number of rotatable bonds is 47. The van der Waals surface area contributed by atoms with Gasteiger partial charge in [0.15, 0.2) is 0 Å². The minimum atomic E-state index is -1.25. The van der Waals surface area contributed by atoms with Crippen molar-refractivity contribution in [1.29, 1.82) is 0 Å². The van der Waals surface area contributed by atoms with Gasteiger partial charge in [-0.25, -0.2) is 0 Å². The SMILES string of the molecule is CCCCCCCCCCCCCCCCCCCCCCCCCCCCCCC(O)C(=O)N[C@H](CO)[C@H](O)C(O)CCCCCCCCCCCCCC. The number of unbranched alkanes of at least 4 members (excludes halogenated alkanes) is 38. The van der Waals surface area contributed by atoms with Crippen LogP contribution < -0.4 is 5.32 Å². The Labute approximate surface area is 350 Å². The molecule has 0 aliphatic heterocycles. The van der Waals surface area contributed by atoms with Gasteiger partial charge in [0.1, 0.15) is 12.2 Å². The van der Waals surface area contributed by atoms with Gasteiger partial charge in [-0.05, 0) is 12.8 Å². The summed E-state index contributed by atoms with van der Waals surface area (Å²) in [5, 5.41) is 43.7. The molecule has 336 valence electrons. The molecule has 0 aromatic rings. The van der Waals surface area contributed by atoms with Crippen molar-refractivity contribution < 1.29 is 25.2 Å². The Bertz CT molecular complexity index is 766. The Morgan fingerprint density at radius 1 is 0.375 bits per heavy atom. The normalized spacial score (nSPS) is 13.9. The molecule has 0 spiro atoms. The zero-order chi connectivity index (χ0) is 41.0. The van der Waals surface area contributed by atoms with E-state index in [9.17, 15) is 25.2 Å². The number of aliphatic hydroxyl groups is 4. The first-order valence-corrected chi connectivity index (χ1v) is 25.4. The molecule has 6 nitrogen and oxygen atoms in total. The number of amides is 1. The number of hydrogen-bond donors (Lipinski definition) is 5. The number of nitrogens with one attached hydrogen (secondary N) is 1. The molecule has 0 radical (unpaired) electrons. The highest BCUT2D eigenvalue weighted by Gasteiger charge is 2.28. The van der Waals surface area contributed by atoms with E-state index in [0.717, 1.165) is 38.5 Å². The first-order valence-electron chi connectivity index (χ1n) is 25.4. The van der Waals surface area contributed by atoms with Crippen LogP contribution in [-0.2, 0) is 4.79 Å². The summed E-state index contributed by atoms with van der Waals surface area (Å²) in [5.74, 6) is -0.578. The van der Waals surface area contributed by atoms with Crippen LogP contribution in [0.5, 0.6) is 0 Å². The first kappa shape index (κ1) is 55.3. The summed E-state index contributed by atoms with van der Waals surface area (Å²) in [6.07, 6.45) is 50.2. The average molecular weight is 796 g/mol. The fourth-order valence-electron chi connectivity index (χ4n) is 8.29. The smallest absolute Gasteiger partial charge is 0.249 e. The minimum absolute atomic E-state index is 0.376. The summed E-state index contributed by atoms with van der Waals surface area (Å²) >= 11 is 0. The second kappa shape index (κ2) is 45.4. The lowest BCUT2D eigenvalue weighted by molar-refractivity contribution is -0.132. The van der Waals surface area contributed by atoms with Crippen molar-refractivity contribution in [1.82, 2.24) is 5.32 Å². The van der Waals surface area contributed by atoms with Crippen LogP contribution in [0.25, 0.3) is 0 Å². The van der Waals surface area contributed by atoms with Crippen LogP contribution in [0, 0.1) is 0 Å². The Morgan fingerprint density at radius 3 is 0.857 bits per heavy atom. The molecule has 0 saturated heterocycles. The van der Waals surface area contributed by atoms with Crippen molar-refractivity contribution in [3.05, 3.63) is 0 Å². The largest absolute Gasteiger partial charge is 0.394 e. The third-order valence-electron chi connectivity index (χ3n) is 12.3. The minimum Gasteiger partial charge on any atom is -0.394 e. The zero-order valence-electron chi connectivity index (χ0n) is 37.9. The maximum Gasteiger partial charge on any atom is 0.249 e. The molecule has 1 amide bonds. The number of hydrogen-bond acceptors (Lipinski definition) is 5. The van der Waals surface area contributed by atoms with E-state index < -0.39 is 36.9 Å². The van der Waals surface area contributed by atoms with E-state index in [4.69, 9.17) is 0 Å². The molecule has 0 aromatic heterocycles. The van der Waals surface area contributed by atoms with Crippen molar-refractivity contribution in [2.24, 2.45) is 0 Å². The number of aliphatic hydroxyl groups excluding tert-OH is 4. The molecular formula is C50H101NO5. The van der Waals surface area contributed by atoms with Crippen LogP contribution in [0.3, 0.4) is 0 Å². The predicted molar refractivity (Wildman–Crippen MR) is 242 cm³/mol. The molecule has 0 aliphatic rings. The molecule has 0 rings (SSSR count). The quantitative estimate of drug-likeness (QED) is 0.0394. The van der Waals surface area contributed by atoms with Gasteiger partial charge in [0.2, 0.25) is 5.91 Å². The van der Waals surface area contributed by atoms with Crippen molar-refractivity contribution in [3.8, 4) is 0 Å². The Hall–Kier alpha value is -0.690. The Morgan fingerprint density at radius 2 is 0.607 bits per heavy atom. The molecule has 2 unspecified atom stereocenters. The third kappa shape index (κ3) is 38.8.